The van der Waals surface area contributed by atoms with Crippen LogP contribution < -0.4 is 19.5 Å². The first-order valence-electron chi connectivity index (χ1n) is 12.4. The monoisotopic (exact) mass is 500 g/mol. The van der Waals surface area contributed by atoms with Gasteiger partial charge < -0.3 is 24.4 Å². The van der Waals surface area contributed by atoms with Gasteiger partial charge in [0, 0.05) is 24.7 Å². The number of anilines is 1. The van der Waals surface area contributed by atoms with Gasteiger partial charge in [-0.15, -0.1) is 0 Å². The van der Waals surface area contributed by atoms with Crippen molar-refractivity contribution in [3.63, 3.8) is 0 Å². The fourth-order valence-electron chi connectivity index (χ4n) is 4.21. The predicted molar refractivity (Wildman–Crippen MR) is 145 cm³/mol. The van der Waals surface area contributed by atoms with Crippen LogP contribution in [0.4, 0.5) is 5.69 Å². The highest BCUT2D eigenvalue weighted by atomic mass is 16.5. The van der Waals surface area contributed by atoms with Gasteiger partial charge in [0.25, 0.3) is 5.91 Å². The van der Waals surface area contributed by atoms with Crippen LogP contribution >= 0.6 is 0 Å². The first-order valence-corrected chi connectivity index (χ1v) is 12.4. The molecule has 0 unspecified atom stereocenters. The number of hydrogen-bond donors (Lipinski definition) is 1. The van der Waals surface area contributed by atoms with E-state index < -0.39 is 0 Å². The average molecular weight is 501 g/mol. The Hall–Kier alpha value is -4.26. The van der Waals surface area contributed by atoms with E-state index in [1.807, 2.05) is 71.6 Å². The molecule has 0 bridgehead atoms. The first kappa shape index (κ1) is 25.8. The molecule has 2 amide bonds. The van der Waals surface area contributed by atoms with E-state index in [0.717, 1.165) is 30.7 Å². The maximum absolute atomic E-state index is 13.2. The summed E-state index contributed by atoms with van der Waals surface area (Å²) in [5.74, 6) is 1.68. The number of carbonyl (C=O) groups excluding carboxylic acids is 2. The molecule has 1 N–H and O–H groups in total. The van der Waals surface area contributed by atoms with Gasteiger partial charge in [-0.2, -0.15) is 0 Å². The van der Waals surface area contributed by atoms with Crippen molar-refractivity contribution >= 4 is 29.7 Å². The fraction of sp³-hybridized carbons (Fsp3) is 0.267. The summed E-state index contributed by atoms with van der Waals surface area (Å²) in [6.45, 7) is 1.88. The third-order valence-corrected chi connectivity index (χ3v) is 6.21. The molecular weight excluding hydrogens is 468 g/mol. The van der Waals surface area contributed by atoms with Crippen LogP contribution in [0.1, 0.15) is 40.7 Å². The summed E-state index contributed by atoms with van der Waals surface area (Å²) in [5.41, 5.74) is 2.71. The molecule has 7 nitrogen and oxygen atoms in total. The Kier molecular flexibility index (Phi) is 8.81. The third kappa shape index (κ3) is 6.91. The molecule has 0 atom stereocenters. The second-order valence-electron chi connectivity index (χ2n) is 8.70. The molecule has 37 heavy (non-hydrogen) atoms. The number of rotatable bonds is 10. The minimum Gasteiger partial charge on any atom is -0.497 e. The lowest BCUT2D eigenvalue weighted by Gasteiger charge is -2.26. The number of piperidine rings is 1. The zero-order chi connectivity index (χ0) is 26.0. The van der Waals surface area contributed by atoms with Gasteiger partial charge in [0.1, 0.15) is 23.9 Å². The minimum atomic E-state index is -0.277. The molecule has 0 spiro atoms. The Morgan fingerprint density at radius 2 is 1.73 bits per heavy atom. The van der Waals surface area contributed by atoms with Crippen LogP contribution in [0.25, 0.3) is 12.2 Å². The van der Waals surface area contributed by atoms with Crippen molar-refractivity contribution in [2.24, 2.45) is 0 Å². The number of para-hydroxylation sites is 1. The summed E-state index contributed by atoms with van der Waals surface area (Å²) < 4.78 is 16.8. The molecule has 3 aromatic rings. The largest absolute Gasteiger partial charge is 0.497 e. The van der Waals surface area contributed by atoms with Crippen LogP contribution in [-0.4, -0.2) is 50.6 Å². The van der Waals surface area contributed by atoms with Gasteiger partial charge >= 0.3 is 0 Å². The lowest BCUT2D eigenvalue weighted by atomic mass is 10.0. The van der Waals surface area contributed by atoms with Crippen molar-refractivity contribution in [1.29, 1.82) is 0 Å². The minimum absolute atomic E-state index is 0.210. The molecule has 3 aromatic carbocycles. The van der Waals surface area contributed by atoms with Gasteiger partial charge in [0.05, 0.1) is 26.3 Å². The van der Waals surface area contributed by atoms with Gasteiger partial charge in [0.2, 0.25) is 5.91 Å². The molecule has 1 heterocycles. The highest BCUT2D eigenvalue weighted by Crippen LogP contribution is 2.31. The van der Waals surface area contributed by atoms with Crippen LogP contribution in [-0.2, 0) is 4.79 Å². The van der Waals surface area contributed by atoms with Gasteiger partial charge in [-0.1, -0.05) is 42.5 Å². The number of hydrogen-bond acceptors (Lipinski definition) is 5. The Morgan fingerprint density at radius 1 is 0.946 bits per heavy atom. The highest BCUT2D eigenvalue weighted by molar-refractivity contribution is 6.09. The first-order chi connectivity index (χ1) is 18.1. The lowest BCUT2D eigenvalue weighted by molar-refractivity contribution is -0.133. The molecule has 1 saturated heterocycles. The quantitative estimate of drug-likeness (QED) is 0.371. The number of methoxy groups -OCH3 is 2. The number of carbonyl (C=O) groups is 2. The maximum Gasteiger partial charge on any atom is 0.260 e. The van der Waals surface area contributed by atoms with Crippen molar-refractivity contribution < 1.29 is 23.8 Å². The molecule has 0 radical (unpaired) electrons. The second-order valence-corrected chi connectivity index (χ2v) is 8.70. The molecule has 0 saturated carbocycles. The van der Waals surface area contributed by atoms with Crippen molar-refractivity contribution in [3.8, 4) is 17.2 Å². The second kappa shape index (κ2) is 12.6. The van der Waals surface area contributed by atoms with E-state index in [1.165, 1.54) is 7.11 Å². The number of nitrogens with one attached hydrogen (secondary N) is 1. The van der Waals surface area contributed by atoms with Crippen molar-refractivity contribution in [2.45, 2.75) is 19.3 Å². The maximum atomic E-state index is 13.2. The summed E-state index contributed by atoms with van der Waals surface area (Å²) >= 11 is 0. The van der Waals surface area contributed by atoms with Crippen molar-refractivity contribution in [3.05, 3.63) is 83.4 Å². The number of likely N-dealkylation sites (tertiary alicyclic amines) is 1. The predicted octanol–water partition coefficient (Wildman–Crippen LogP) is 5.52. The van der Waals surface area contributed by atoms with Crippen LogP contribution in [0.5, 0.6) is 17.2 Å². The lowest BCUT2D eigenvalue weighted by Crippen LogP contribution is -2.38. The van der Waals surface area contributed by atoms with Gasteiger partial charge in [-0.3, -0.25) is 9.59 Å². The van der Waals surface area contributed by atoms with Crippen molar-refractivity contribution in [1.82, 2.24) is 4.90 Å². The fourth-order valence-corrected chi connectivity index (χ4v) is 4.21. The normalized spacial score (nSPS) is 13.5. The van der Waals surface area contributed by atoms with Crippen LogP contribution in [0.3, 0.4) is 0 Å². The Labute approximate surface area is 217 Å². The Balaban J connectivity index is 1.47. The SMILES string of the molecule is COc1cc(/C=C/c2ccc(OCCN3CCCCC3=O)cc2)c(C(=O)Nc2ccccc2)c(OC)c1. The Morgan fingerprint density at radius 3 is 2.43 bits per heavy atom. The molecule has 192 valence electrons. The molecule has 7 heteroatoms. The standard InChI is InChI=1S/C30H32N2O5/c1-35-26-20-23(29(27(21-26)36-2)30(34)31-24-8-4-3-5-9-24)14-11-22-12-15-25(16-13-22)37-19-18-32-17-7-6-10-28(32)33/h3-5,8-9,11-16,20-21H,6-7,10,17-19H2,1-2H3,(H,31,34)/b14-11+. The third-order valence-electron chi connectivity index (χ3n) is 6.21. The summed E-state index contributed by atoms with van der Waals surface area (Å²) in [4.78, 5) is 27.0. The number of benzene rings is 3. The zero-order valence-electron chi connectivity index (χ0n) is 21.2. The number of ether oxygens (including phenoxy) is 3. The summed E-state index contributed by atoms with van der Waals surface area (Å²) in [6.07, 6.45) is 6.46. The molecule has 4 rings (SSSR count). The molecule has 1 aliphatic heterocycles. The molecular formula is C30H32N2O5. The molecule has 1 fully saturated rings. The van der Waals surface area contributed by atoms with E-state index in [0.29, 0.717) is 47.9 Å². The topological polar surface area (TPSA) is 77.1 Å². The van der Waals surface area contributed by atoms with E-state index in [1.54, 1.807) is 19.2 Å². The summed E-state index contributed by atoms with van der Waals surface area (Å²) in [5, 5.41) is 2.93. The summed E-state index contributed by atoms with van der Waals surface area (Å²) in [6, 6.07) is 20.5. The van der Waals surface area contributed by atoms with E-state index in [-0.39, 0.29) is 11.8 Å². The van der Waals surface area contributed by atoms with E-state index in [9.17, 15) is 9.59 Å². The van der Waals surface area contributed by atoms with Gasteiger partial charge in [0.15, 0.2) is 0 Å². The van der Waals surface area contributed by atoms with E-state index in [2.05, 4.69) is 5.32 Å². The highest BCUT2D eigenvalue weighted by Gasteiger charge is 2.19. The average Bonchev–Trinajstić information content (AvgIpc) is 2.93. The van der Waals surface area contributed by atoms with Gasteiger partial charge in [-0.25, -0.2) is 0 Å². The van der Waals surface area contributed by atoms with E-state index in [4.69, 9.17) is 14.2 Å². The summed E-state index contributed by atoms with van der Waals surface area (Å²) in [7, 11) is 3.10. The molecule has 1 aliphatic rings. The molecule has 0 aliphatic carbocycles. The number of amides is 2. The van der Waals surface area contributed by atoms with Gasteiger partial charge in [-0.05, 0) is 54.3 Å². The van der Waals surface area contributed by atoms with Crippen LogP contribution in [0, 0.1) is 0 Å². The van der Waals surface area contributed by atoms with Crippen LogP contribution in [0.2, 0.25) is 0 Å². The Bertz CT molecular complexity index is 1240. The van der Waals surface area contributed by atoms with Crippen molar-refractivity contribution in [2.75, 3.05) is 39.2 Å². The van der Waals surface area contributed by atoms with Crippen LogP contribution in [0.15, 0.2) is 66.7 Å². The number of nitrogens with zero attached hydrogens (tertiary/aromatic N) is 1. The van der Waals surface area contributed by atoms with E-state index >= 15 is 0 Å². The zero-order valence-corrected chi connectivity index (χ0v) is 21.2. The molecule has 0 aromatic heterocycles. The smallest absolute Gasteiger partial charge is 0.260 e.